The molecule has 0 radical (unpaired) electrons. The van der Waals surface area contributed by atoms with Crippen LogP contribution in [-0.4, -0.2) is 74.0 Å². The van der Waals surface area contributed by atoms with Crippen LogP contribution in [0, 0.1) is 0 Å². The minimum Gasteiger partial charge on any atom is -0.353 e. The quantitative estimate of drug-likeness (QED) is 0.581. The van der Waals surface area contributed by atoms with E-state index < -0.39 is 0 Å². The van der Waals surface area contributed by atoms with Gasteiger partial charge in [-0.1, -0.05) is 30.3 Å². The van der Waals surface area contributed by atoms with Crippen LogP contribution >= 0.6 is 0 Å². The van der Waals surface area contributed by atoms with Gasteiger partial charge < -0.3 is 9.80 Å². The zero-order chi connectivity index (χ0) is 22.5. The molecule has 0 spiro atoms. The van der Waals surface area contributed by atoms with Gasteiger partial charge in [-0.25, -0.2) is 9.97 Å². The van der Waals surface area contributed by atoms with Crippen molar-refractivity contribution >= 4 is 11.7 Å². The third kappa shape index (κ3) is 5.22. The summed E-state index contributed by atoms with van der Waals surface area (Å²) in [7, 11) is 0. The molecule has 1 amide bonds. The summed E-state index contributed by atoms with van der Waals surface area (Å²) in [5.41, 5.74) is 1.33. The van der Waals surface area contributed by atoms with Crippen LogP contribution in [-0.2, 0) is 11.3 Å². The van der Waals surface area contributed by atoms with Crippen LogP contribution in [0.4, 0.5) is 5.82 Å². The fourth-order valence-electron chi connectivity index (χ4n) is 4.84. The molecule has 8 heteroatoms. The summed E-state index contributed by atoms with van der Waals surface area (Å²) in [6.45, 7) is 5.33. The summed E-state index contributed by atoms with van der Waals surface area (Å²) in [6.07, 6.45) is 10.9. The fourth-order valence-corrected chi connectivity index (χ4v) is 4.84. The summed E-state index contributed by atoms with van der Waals surface area (Å²) in [5.74, 6) is 1.75. The number of imidazole rings is 1. The maximum absolute atomic E-state index is 13.2. The molecule has 0 N–H and O–H groups in total. The minimum atomic E-state index is 0.180. The number of anilines is 1. The molecule has 1 atom stereocenters. The highest BCUT2D eigenvalue weighted by Crippen LogP contribution is 2.26. The normalized spacial score (nSPS) is 19.6. The molecule has 0 aliphatic carbocycles. The summed E-state index contributed by atoms with van der Waals surface area (Å²) in [5, 5.41) is 0. The Kier molecular flexibility index (Phi) is 6.62. The first-order valence-corrected chi connectivity index (χ1v) is 11.9. The van der Waals surface area contributed by atoms with Crippen LogP contribution in [0.3, 0.4) is 0 Å². The SMILES string of the molecule is O=C(CC1CCCCN1c1ccnc(-n2ccnc2)n1)N1CCN(Cc2ccccc2)CC1. The van der Waals surface area contributed by atoms with E-state index in [9.17, 15) is 4.79 Å². The van der Waals surface area contributed by atoms with E-state index in [2.05, 4.69) is 50.1 Å². The Labute approximate surface area is 194 Å². The van der Waals surface area contributed by atoms with Crippen molar-refractivity contribution in [2.45, 2.75) is 38.3 Å². The van der Waals surface area contributed by atoms with Gasteiger partial charge in [-0.2, -0.15) is 4.98 Å². The first kappa shape index (κ1) is 21.6. The highest BCUT2D eigenvalue weighted by atomic mass is 16.2. The molecule has 0 saturated carbocycles. The van der Waals surface area contributed by atoms with Gasteiger partial charge in [0.2, 0.25) is 11.9 Å². The van der Waals surface area contributed by atoms with Crippen molar-refractivity contribution in [1.82, 2.24) is 29.3 Å². The molecule has 4 heterocycles. The number of carbonyl (C=O) groups excluding carboxylic acids is 1. The smallest absolute Gasteiger partial charge is 0.236 e. The van der Waals surface area contributed by atoms with Crippen molar-refractivity contribution in [3.05, 3.63) is 66.9 Å². The molecule has 3 aromatic rings. The van der Waals surface area contributed by atoms with E-state index in [-0.39, 0.29) is 11.9 Å². The van der Waals surface area contributed by atoms with Gasteiger partial charge in [0.15, 0.2) is 0 Å². The summed E-state index contributed by atoms with van der Waals surface area (Å²) in [4.78, 5) is 33.2. The lowest BCUT2D eigenvalue weighted by molar-refractivity contribution is -0.133. The number of nitrogens with zero attached hydrogens (tertiary/aromatic N) is 7. The number of hydrogen-bond acceptors (Lipinski definition) is 6. The van der Waals surface area contributed by atoms with Gasteiger partial charge in [0, 0.05) is 70.3 Å². The Morgan fingerprint density at radius 2 is 1.82 bits per heavy atom. The lowest BCUT2D eigenvalue weighted by Crippen LogP contribution is -2.50. The van der Waals surface area contributed by atoms with Crippen LogP contribution in [0.5, 0.6) is 0 Å². The van der Waals surface area contributed by atoms with E-state index in [0.29, 0.717) is 12.4 Å². The number of carbonyl (C=O) groups is 1. The number of hydrogen-bond donors (Lipinski definition) is 0. The van der Waals surface area contributed by atoms with E-state index in [4.69, 9.17) is 4.98 Å². The van der Waals surface area contributed by atoms with E-state index in [1.807, 2.05) is 21.7 Å². The third-order valence-corrected chi connectivity index (χ3v) is 6.67. The van der Waals surface area contributed by atoms with Crippen molar-refractivity contribution in [1.29, 1.82) is 0 Å². The maximum atomic E-state index is 13.2. The predicted octanol–water partition coefficient (Wildman–Crippen LogP) is 2.76. The lowest BCUT2D eigenvalue weighted by atomic mass is 9.98. The molecule has 2 aliphatic heterocycles. The molecule has 8 nitrogen and oxygen atoms in total. The highest BCUT2D eigenvalue weighted by Gasteiger charge is 2.29. The number of rotatable bonds is 6. The number of piperazine rings is 1. The molecular formula is C25H31N7O. The average Bonchev–Trinajstić information content (AvgIpc) is 3.41. The number of amides is 1. The minimum absolute atomic E-state index is 0.180. The molecule has 33 heavy (non-hydrogen) atoms. The average molecular weight is 446 g/mol. The molecule has 0 bridgehead atoms. The molecule has 1 aromatic carbocycles. The second kappa shape index (κ2) is 10.1. The van der Waals surface area contributed by atoms with E-state index >= 15 is 0 Å². The molecule has 5 rings (SSSR count). The van der Waals surface area contributed by atoms with Crippen molar-refractivity contribution in [2.75, 3.05) is 37.6 Å². The Morgan fingerprint density at radius 3 is 2.61 bits per heavy atom. The van der Waals surface area contributed by atoms with Crippen LogP contribution < -0.4 is 4.90 Å². The van der Waals surface area contributed by atoms with Gasteiger partial charge in [0.25, 0.3) is 0 Å². The van der Waals surface area contributed by atoms with Crippen molar-refractivity contribution in [3.63, 3.8) is 0 Å². The monoisotopic (exact) mass is 445 g/mol. The fraction of sp³-hybridized carbons (Fsp3) is 0.440. The van der Waals surface area contributed by atoms with Crippen LogP contribution in [0.1, 0.15) is 31.2 Å². The Bertz CT molecular complexity index is 1030. The number of aromatic nitrogens is 4. The highest BCUT2D eigenvalue weighted by molar-refractivity contribution is 5.77. The first-order valence-electron chi connectivity index (χ1n) is 11.9. The molecular weight excluding hydrogens is 414 g/mol. The van der Waals surface area contributed by atoms with Crippen molar-refractivity contribution in [2.24, 2.45) is 0 Å². The molecule has 2 fully saturated rings. The summed E-state index contributed by atoms with van der Waals surface area (Å²) >= 11 is 0. The van der Waals surface area contributed by atoms with Gasteiger partial charge >= 0.3 is 0 Å². The van der Waals surface area contributed by atoms with Gasteiger partial charge in [0.1, 0.15) is 12.1 Å². The van der Waals surface area contributed by atoms with Gasteiger partial charge in [-0.15, -0.1) is 0 Å². The van der Waals surface area contributed by atoms with Crippen molar-refractivity contribution in [3.8, 4) is 5.95 Å². The first-order chi connectivity index (χ1) is 16.3. The predicted molar refractivity (Wildman–Crippen MR) is 127 cm³/mol. The van der Waals surface area contributed by atoms with Gasteiger partial charge in [-0.05, 0) is 30.9 Å². The summed E-state index contributed by atoms with van der Waals surface area (Å²) < 4.78 is 1.81. The van der Waals surface area contributed by atoms with Gasteiger partial charge in [0.05, 0.1) is 0 Å². The standard InChI is InChI=1S/C25H31N7O/c33-24(30-16-14-29(15-17-30)19-21-6-2-1-3-7-21)18-22-8-4-5-12-32(22)23-9-10-27-25(28-23)31-13-11-26-20-31/h1-3,6-7,9-11,13,20,22H,4-5,8,12,14-19H2. The second-order valence-corrected chi connectivity index (χ2v) is 8.87. The second-order valence-electron chi connectivity index (χ2n) is 8.87. The molecule has 2 aliphatic rings. The topological polar surface area (TPSA) is 70.4 Å². The van der Waals surface area contributed by atoms with Crippen LogP contribution in [0.25, 0.3) is 5.95 Å². The molecule has 172 valence electrons. The third-order valence-electron chi connectivity index (χ3n) is 6.67. The van der Waals surface area contributed by atoms with Gasteiger partial charge in [-0.3, -0.25) is 14.3 Å². The number of benzene rings is 1. The Balaban J connectivity index is 1.19. The zero-order valence-corrected chi connectivity index (χ0v) is 19.0. The largest absolute Gasteiger partial charge is 0.353 e. The van der Waals surface area contributed by atoms with Crippen LogP contribution in [0.2, 0.25) is 0 Å². The maximum Gasteiger partial charge on any atom is 0.236 e. The zero-order valence-electron chi connectivity index (χ0n) is 19.0. The van der Waals surface area contributed by atoms with Crippen LogP contribution in [0.15, 0.2) is 61.3 Å². The van der Waals surface area contributed by atoms with E-state index in [0.717, 1.165) is 64.3 Å². The molecule has 2 aromatic heterocycles. The Morgan fingerprint density at radius 1 is 0.970 bits per heavy atom. The lowest BCUT2D eigenvalue weighted by Gasteiger charge is -2.39. The van der Waals surface area contributed by atoms with Crippen molar-refractivity contribution < 1.29 is 4.79 Å². The Hall–Kier alpha value is -3.26. The molecule has 2 saturated heterocycles. The van der Waals surface area contributed by atoms with E-state index in [1.165, 1.54) is 5.56 Å². The summed E-state index contributed by atoms with van der Waals surface area (Å²) in [6, 6.07) is 12.7. The van der Waals surface area contributed by atoms with E-state index in [1.54, 1.807) is 18.7 Å². The molecule has 1 unspecified atom stereocenters. The number of piperidine rings is 1.